The molecule has 7 aromatic carbocycles. The molecule has 5 aliphatic rings. The predicted octanol–water partition coefficient (Wildman–Crippen LogP) is 14.7. The maximum atomic E-state index is 9.78. The molecule has 0 unspecified atom stereocenters. The number of benzene rings is 7. The molecule has 4 fully saturated rings. The van der Waals surface area contributed by atoms with E-state index in [0.29, 0.717) is 17.4 Å². The van der Waals surface area contributed by atoms with Crippen molar-refractivity contribution in [3.8, 4) is 84.2 Å². The van der Waals surface area contributed by atoms with Gasteiger partial charge in [0, 0.05) is 16.5 Å². The summed E-state index contributed by atoms with van der Waals surface area (Å²) in [6.45, 7) is 0. The Morgan fingerprint density at radius 3 is 1.53 bits per heavy atom. The summed E-state index contributed by atoms with van der Waals surface area (Å²) in [5.74, 6) is 3.17. The van der Waals surface area contributed by atoms with E-state index in [2.05, 4.69) is 164 Å². The average Bonchev–Trinajstić information content (AvgIpc) is 3.61. The maximum Gasteiger partial charge on any atom is 0.0998 e. The molecular weight excluding hydrogens is 725 g/mol. The van der Waals surface area contributed by atoms with Crippen LogP contribution in [0, 0.1) is 35.0 Å². The van der Waals surface area contributed by atoms with Crippen LogP contribution < -0.4 is 0 Å². The summed E-state index contributed by atoms with van der Waals surface area (Å²) in [7, 11) is 0. The van der Waals surface area contributed by atoms with Gasteiger partial charge in [-0.2, -0.15) is 5.26 Å². The molecule has 286 valence electrons. The average molecular weight is 769 g/mol. The van der Waals surface area contributed by atoms with Gasteiger partial charge in [0.1, 0.15) is 0 Å². The monoisotopic (exact) mass is 768 g/mol. The van der Waals surface area contributed by atoms with Gasteiger partial charge in [-0.3, -0.25) is 0 Å². The molecule has 60 heavy (non-hydrogen) atoms. The molecule has 0 amide bonds. The summed E-state index contributed by atoms with van der Waals surface area (Å²) in [5, 5.41) is 9.78. The molecule has 4 bridgehead atoms. The van der Waals surface area contributed by atoms with E-state index in [-0.39, 0.29) is 5.41 Å². The Balaban J connectivity index is 0.976. The van der Waals surface area contributed by atoms with E-state index < -0.39 is 0 Å². The fourth-order valence-electron chi connectivity index (χ4n) is 12.4. The first-order valence-electron chi connectivity index (χ1n) is 21.8. The summed E-state index contributed by atoms with van der Waals surface area (Å²) in [4.78, 5) is 5.14. The number of pyridine rings is 1. The summed E-state index contributed by atoms with van der Waals surface area (Å²) >= 11 is 0. The van der Waals surface area contributed by atoms with Gasteiger partial charge in [0.15, 0.2) is 0 Å². The molecule has 0 atom stereocenters. The second-order valence-corrected chi connectivity index (χ2v) is 17.8. The van der Waals surface area contributed by atoms with Gasteiger partial charge >= 0.3 is 0 Å². The normalized spacial score (nSPS) is 21.7. The topological polar surface area (TPSA) is 36.7 Å². The highest BCUT2D eigenvalue weighted by Crippen LogP contribution is 2.70. The summed E-state index contributed by atoms with van der Waals surface area (Å²) in [5.41, 5.74) is 20.4. The van der Waals surface area contributed by atoms with Gasteiger partial charge in [-0.1, -0.05) is 158 Å². The number of fused-ring (bicyclic) bond motifs is 3. The molecule has 1 heterocycles. The summed E-state index contributed by atoms with van der Waals surface area (Å²) in [6.07, 6.45) is 6.89. The molecule has 1 spiro atoms. The minimum atomic E-state index is 0.0795. The molecule has 5 aliphatic carbocycles. The lowest BCUT2D eigenvalue weighted by molar-refractivity contribution is -0.0399. The van der Waals surface area contributed by atoms with Crippen molar-refractivity contribution in [1.82, 2.24) is 4.98 Å². The van der Waals surface area contributed by atoms with Gasteiger partial charge in [0.25, 0.3) is 0 Å². The Morgan fingerprint density at radius 1 is 0.400 bits per heavy atom. The van der Waals surface area contributed by atoms with Gasteiger partial charge < -0.3 is 0 Å². The zero-order chi connectivity index (χ0) is 39.8. The Bertz CT molecular complexity index is 2890. The molecule has 8 aromatic rings. The third-order valence-electron chi connectivity index (χ3n) is 14.7. The number of rotatable bonds is 6. The van der Waals surface area contributed by atoms with Gasteiger partial charge in [-0.25, -0.2) is 4.98 Å². The lowest BCUT2D eigenvalue weighted by Gasteiger charge is -2.61. The molecule has 0 saturated heterocycles. The van der Waals surface area contributed by atoms with Crippen LogP contribution in [0.25, 0.3) is 78.1 Å². The molecule has 4 saturated carbocycles. The van der Waals surface area contributed by atoms with Crippen LogP contribution in [0.2, 0.25) is 0 Å². The van der Waals surface area contributed by atoms with Crippen molar-refractivity contribution in [2.24, 2.45) is 23.7 Å². The second-order valence-electron chi connectivity index (χ2n) is 17.8. The summed E-state index contributed by atoms with van der Waals surface area (Å²) < 4.78 is 0. The van der Waals surface area contributed by atoms with Gasteiger partial charge in [0.05, 0.1) is 23.0 Å². The number of nitrogens with zero attached hydrogens (tertiary/aromatic N) is 2. The van der Waals surface area contributed by atoms with Crippen LogP contribution in [-0.4, -0.2) is 4.98 Å². The SMILES string of the molecule is N#Cc1ccccc1-c1ccc(-c2ccc3c(c2)-c2c(-c4ccc(-c5cc(-c6ccccc6)nc(-c6ccccc6)c5)cc4)cccc2C32C3CC4CC(C3)CC2C4)cc1. The van der Waals surface area contributed by atoms with Crippen LogP contribution in [0.1, 0.15) is 48.8 Å². The van der Waals surface area contributed by atoms with Crippen LogP contribution in [-0.2, 0) is 5.41 Å². The molecular formula is C58H44N2. The lowest BCUT2D eigenvalue weighted by Crippen LogP contribution is -2.55. The molecule has 0 aliphatic heterocycles. The number of hydrogen-bond donors (Lipinski definition) is 0. The Hall–Kier alpha value is -6.82. The third-order valence-corrected chi connectivity index (χ3v) is 14.7. The Morgan fingerprint density at radius 2 is 0.917 bits per heavy atom. The minimum Gasteiger partial charge on any atom is -0.248 e. The highest BCUT2D eigenvalue weighted by Gasteiger charge is 2.61. The standard InChI is InChI=1S/C58H44N2/c59-36-46-14-7-8-15-50(46)41-22-18-39(19-23-41)45-26-27-53-52(33-45)57-51(16-9-17-54(57)58(53)48-29-37-28-38(31-48)32-49(58)30-37)42-24-20-40(21-25-42)47-34-55(43-10-3-1-4-11-43)60-56(35-47)44-12-5-2-6-13-44/h1-27,33-35,37-38,48-49H,28-32H2. The quantitative estimate of drug-likeness (QED) is 0.169. The molecule has 0 N–H and O–H groups in total. The molecule has 2 heteroatoms. The van der Waals surface area contributed by atoms with Crippen molar-refractivity contribution in [3.63, 3.8) is 0 Å². The number of hydrogen-bond acceptors (Lipinski definition) is 2. The fourth-order valence-corrected chi connectivity index (χ4v) is 12.4. The van der Waals surface area contributed by atoms with Gasteiger partial charge in [-0.15, -0.1) is 0 Å². The van der Waals surface area contributed by atoms with Crippen LogP contribution in [0.4, 0.5) is 0 Å². The van der Waals surface area contributed by atoms with Crippen molar-refractivity contribution < 1.29 is 0 Å². The molecule has 13 rings (SSSR count). The van der Waals surface area contributed by atoms with Gasteiger partial charge in [0.2, 0.25) is 0 Å². The van der Waals surface area contributed by atoms with E-state index in [0.717, 1.165) is 51.0 Å². The van der Waals surface area contributed by atoms with Crippen LogP contribution >= 0.6 is 0 Å². The van der Waals surface area contributed by atoms with E-state index in [4.69, 9.17) is 4.98 Å². The number of nitriles is 1. The molecule has 2 nitrogen and oxygen atoms in total. The summed E-state index contributed by atoms with van der Waals surface area (Å²) in [6, 6.07) is 68.5. The lowest BCUT2D eigenvalue weighted by atomic mass is 9.43. The van der Waals surface area contributed by atoms with E-state index in [1.165, 1.54) is 71.0 Å². The highest BCUT2D eigenvalue weighted by molar-refractivity contribution is 5.95. The van der Waals surface area contributed by atoms with Crippen molar-refractivity contribution in [1.29, 1.82) is 5.26 Å². The van der Waals surface area contributed by atoms with Crippen LogP contribution in [0.15, 0.2) is 182 Å². The van der Waals surface area contributed by atoms with E-state index in [9.17, 15) is 5.26 Å². The molecule has 1 aromatic heterocycles. The maximum absolute atomic E-state index is 9.78. The van der Waals surface area contributed by atoms with E-state index in [1.54, 1.807) is 11.1 Å². The largest absolute Gasteiger partial charge is 0.248 e. The van der Waals surface area contributed by atoms with Crippen molar-refractivity contribution in [3.05, 3.63) is 199 Å². The van der Waals surface area contributed by atoms with Crippen molar-refractivity contribution >= 4 is 0 Å². The second kappa shape index (κ2) is 13.9. The van der Waals surface area contributed by atoms with Crippen molar-refractivity contribution in [2.75, 3.05) is 0 Å². The predicted molar refractivity (Wildman–Crippen MR) is 245 cm³/mol. The Labute approximate surface area is 352 Å². The zero-order valence-electron chi connectivity index (χ0n) is 33.6. The first kappa shape index (κ1) is 35.2. The first-order valence-corrected chi connectivity index (χ1v) is 21.8. The highest BCUT2D eigenvalue weighted by atomic mass is 14.7. The third kappa shape index (κ3) is 5.49. The number of aromatic nitrogens is 1. The van der Waals surface area contributed by atoms with Crippen LogP contribution in [0.5, 0.6) is 0 Å². The van der Waals surface area contributed by atoms with Crippen LogP contribution in [0.3, 0.4) is 0 Å². The Kier molecular flexibility index (Phi) is 8.14. The fraction of sp³-hybridized carbons (Fsp3) is 0.172. The zero-order valence-corrected chi connectivity index (χ0v) is 33.6. The molecule has 0 radical (unpaired) electrons. The van der Waals surface area contributed by atoms with Gasteiger partial charge in [-0.05, 0) is 147 Å². The van der Waals surface area contributed by atoms with E-state index in [1.807, 2.05) is 24.3 Å². The minimum absolute atomic E-state index is 0.0795. The first-order chi connectivity index (χ1) is 29.6. The van der Waals surface area contributed by atoms with E-state index >= 15 is 0 Å². The van der Waals surface area contributed by atoms with Crippen molar-refractivity contribution in [2.45, 2.75) is 37.5 Å². The smallest absolute Gasteiger partial charge is 0.0998 e.